The number of nitrogens with zero attached hydrogens (tertiary/aromatic N) is 1. The van der Waals surface area contributed by atoms with Crippen LogP contribution in [-0.4, -0.2) is 25.6 Å². The number of halogens is 3. The highest BCUT2D eigenvalue weighted by molar-refractivity contribution is 6.36. The van der Waals surface area contributed by atoms with Gasteiger partial charge in [-0.2, -0.15) is 0 Å². The fourth-order valence-corrected chi connectivity index (χ4v) is 4.57. The molecule has 1 amide bonds. The van der Waals surface area contributed by atoms with Crippen molar-refractivity contribution in [3.8, 4) is 11.5 Å². The first kappa shape index (κ1) is 29.3. The topological polar surface area (TPSA) is 65.1 Å². The molecule has 0 heterocycles. The number of carbonyl (C=O) groups is 2. The molecule has 0 atom stereocenters. The number of amides is 1. The Morgan fingerprint density at radius 2 is 1.45 bits per heavy atom. The Balaban J connectivity index is 1.64. The summed E-state index contributed by atoms with van der Waals surface area (Å²) >= 11 is 18.9. The lowest BCUT2D eigenvalue weighted by Crippen LogP contribution is -2.30. The maximum atomic E-state index is 13.9. The van der Waals surface area contributed by atoms with E-state index in [2.05, 4.69) is 0 Å². The molecular weight excluding hydrogens is 573 g/mol. The zero-order valence-electron chi connectivity index (χ0n) is 21.8. The molecule has 9 heteroatoms. The van der Waals surface area contributed by atoms with Crippen LogP contribution in [0.2, 0.25) is 15.1 Å². The molecule has 0 saturated carbocycles. The van der Waals surface area contributed by atoms with Gasteiger partial charge in [-0.05, 0) is 79.2 Å². The normalized spacial score (nSPS) is 10.6. The van der Waals surface area contributed by atoms with Crippen molar-refractivity contribution in [2.75, 3.05) is 18.6 Å². The summed E-state index contributed by atoms with van der Waals surface area (Å²) in [6, 6.07) is 24.0. The number of rotatable bonds is 10. The molecule has 0 aliphatic heterocycles. The van der Waals surface area contributed by atoms with E-state index in [1.807, 2.05) is 12.1 Å². The van der Waals surface area contributed by atoms with Crippen molar-refractivity contribution in [1.29, 1.82) is 0 Å². The highest BCUT2D eigenvalue weighted by atomic mass is 35.5. The first-order valence-electron chi connectivity index (χ1n) is 12.4. The largest absolute Gasteiger partial charge is 0.493 e. The lowest BCUT2D eigenvalue weighted by Gasteiger charge is -2.25. The number of ether oxygens (including phenoxy) is 3. The molecule has 40 heavy (non-hydrogen) atoms. The Morgan fingerprint density at radius 3 is 2.08 bits per heavy atom. The van der Waals surface area contributed by atoms with Gasteiger partial charge in [0.2, 0.25) is 0 Å². The van der Waals surface area contributed by atoms with Crippen LogP contribution in [0.4, 0.5) is 5.69 Å². The predicted octanol–water partition coefficient (Wildman–Crippen LogP) is 8.26. The molecule has 0 aliphatic rings. The van der Waals surface area contributed by atoms with E-state index in [0.29, 0.717) is 55.6 Å². The van der Waals surface area contributed by atoms with Gasteiger partial charge in [0, 0.05) is 31.9 Å². The highest BCUT2D eigenvalue weighted by Crippen LogP contribution is 2.32. The van der Waals surface area contributed by atoms with Gasteiger partial charge in [-0.25, -0.2) is 4.79 Å². The fraction of sp³-hybridized carbons (Fsp3) is 0.161. The number of methoxy groups -OCH3 is 1. The number of carbonyl (C=O) groups excluding carboxylic acids is 2. The van der Waals surface area contributed by atoms with Crippen LogP contribution in [0.15, 0.2) is 84.9 Å². The van der Waals surface area contributed by atoms with Gasteiger partial charge >= 0.3 is 5.97 Å². The highest BCUT2D eigenvalue weighted by Gasteiger charge is 2.23. The van der Waals surface area contributed by atoms with Gasteiger partial charge in [-0.1, -0.05) is 53.0 Å². The summed E-state index contributed by atoms with van der Waals surface area (Å²) in [4.78, 5) is 27.6. The van der Waals surface area contributed by atoms with Crippen LogP contribution in [0.1, 0.15) is 38.8 Å². The maximum Gasteiger partial charge on any atom is 0.338 e. The standard InChI is InChI=1S/C31H26Cl3NO5/c1-3-39-31(37)21-9-14-24(15-10-21)35(18-25-26(33)5-4-6-27(25)34)30(36)22-11-16-28(29(17-22)38-2)40-19-20-7-12-23(32)13-8-20/h4-17H,3,18-19H2,1-2H3. The minimum absolute atomic E-state index is 0.0905. The van der Waals surface area contributed by atoms with Gasteiger partial charge in [0.25, 0.3) is 5.91 Å². The summed E-state index contributed by atoms with van der Waals surface area (Å²) in [5.74, 6) is 0.101. The Morgan fingerprint density at radius 1 is 0.800 bits per heavy atom. The number of benzene rings is 4. The van der Waals surface area contributed by atoms with Crippen molar-refractivity contribution >= 4 is 52.4 Å². The average Bonchev–Trinajstić information content (AvgIpc) is 2.96. The van der Waals surface area contributed by atoms with Crippen LogP contribution in [0, 0.1) is 0 Å². The van der Waals surface area contributed by atoms with Crippen molar-refractivity contribution in [3.63, 3.8) is 0 Å². The second-order valence-corrected chi connectivity index (χ2v) is 9.89. The quantitative estimate of drug-likeness (QED) is 0.172. The molecule has 206 valence electrons. The number of hydrogen-bond donors (Lipinski definition) is 0. The lowest BCUT2D eigenvalue weighted by atomic mass is 10.1. The van der Waals surface area contributed by atoms with E-state index in [9.17, 15) is 9.59 Å². The van der Waals surface area contributed by atoms with Gasteiger partial charge in [0.1, 0.15) is 6.61 Å². The van der Waals surface area contributed by atoms with E-state index in [0.717, 1.165) is 5.56 Å². The molecule has 0 unspecified atom stereocenters. The second kappa shape index (κ2) is 13.6. The van der Waals surface area contributed by atoms with Crippen LogP contribution in [0.3, 0.4) is 0 Å². The molecule has 4 aromatic carbocycles. The van der Waals surface area contributed by atoms with E-state index in [4.69, 9.17) is 49.0 Å². The van der Waals surface area contributed by atoms with Crippen LogP contribution in [0.25, 0.3) is 0 Å². The van der Waals surface area contributed by atoms with E-state index in [1.54, 1.807) is 79.7 Å². The van der Waals surface area contributed by atoms with E-state index in [-0.39, 0.29) is 19.1 Å². The van der Waals surface area contributed by atoms with Crippen molar-refractivity contribution in [2.45, 2.75) is 20.1 Å². The number of anilines is 1. The molecular formula is C31H26Cl3NO5. The molecule has 0 N–H and O–H groups in total. The van der Waals surface area contributed by atoms with Crippen LogP contribution in [0.5, 0.6) is 11.5 Å². The summed E-state index contributed by atoms with van der Waals surface area (Å²) in [7, 11) is 1.51. The van der Waals surface area contributed by atoms with Gasteiger partial charge in [-0.15, -0.1) is 0 Å². The van der Waals surface area contributed by atoms with Crippen molar-refractivity contribution in [3.05, 3.63) is 122 Å². The van der Waals surface area contributed by atoms with Gasteiger partial charge in [0.05, 0.1) is 25.8 Å². The summed E-state index contributed by atoms with van der Waals surface area (Å²) in [5, 5.41) is 1.50. The molecule has 0 saturated heterocycles. The number of esters is 1. The van der Waals surface area contributed by atoms with Gasteiger partial charge in [-0.3, -0.25) is 4.79 Å². The molecule has 0 bridgehead atoms. The fourth-order valence-electron chi connectivity index (χ4n) is 3.93. The Bertz CT molecular complexity index is 1470. The SMILES string of the molecule is CCOC(=O)c1ccc(N(Cc2c(Cl)cccc2Cl)C(=O)c2ccc(OCc3ccc(Cl)cc3)c(OC)c2)cc1. The Labute approximate surface area is 247 Å². The van der Waals surface area contributed by atoms with Gasteiger partial charge < -0.3 is 19.1 Å². The molecule has 0 aromatic heterocycles. The van der Waals surface area contributed by atoms with Crippen molar-refractivity contribution < 1.29 is 23.8 Å². The van der Waals surface area contributed by atoms with Crippen LogP contribution >= 0.6 is 34.8 Å². The monoisotopic (exact) mass is 597 g/mol. The molecule has 6 nitrogen and oxygen atoms in total. The molecule has 4 aromatic rings. The molecule has 0 aliphatic carbocycles. The first-order valence-corrected chi connectivity index (χ1v) is 13.5. The van der Waals surface area contributed by atoms with Crippen molar-refractivity contribution in [1.82, 2.24) is 0 Å². The maximum absolute atomic E-state index is 13.9. The molecule has 0 fully saturated rings. The first-order chi connectivity index (χ1) is 19.3. The van der Waals surface area contributed by atoms with Crippen LogP contribution in [-0.2, 0) is 17.9 Å². The smallest absolute Gasteiger partial charge is 0.338 e. The average molecular weight is 599 g/mol. The lowest BCUT2D eigenvalue weighted by molar-refractivity contribution is 0.0526. The summed E-state index contributed by atoms with van der Waals surface area (Å²) in [5.41, 5.74) is 2.78. The molecule has 0 radical (unpaired) electrons. The minimum Gasteiger partial charge on any atom is -0.493 e. The Kier molecular flexibility index (Phi) is 9.93. The third-order valence-corrected chi connectivity index (χ3v) is 6.99. The van der Waals surface area contributed by atoms with E-state index >= 15 is 0 Å². The van der Waals surface area contributed by atoms with Crippen molar-refractivity contribution in [2.24, 2.45) is 0 Å². The summed E-state index contributed by atoms with van der Waals surface area (Å²) in [6.07, 6.45) is 0. The summed E-state index contributed by atoms with van der Waals surface area (Å²) < 4.78 is 16.6. The third-order valence-electron chi connectivity index (χ3n) is 6.03. The predicted molar refractivity (Wildman–Crippen MR) is 158 cm³/mol. The number of hydrogen-bond acceptors (Lipinski definition) is 5. The molecule has 0 spiro atoms. The van der Waals surface area contributed by atoms with Crippen LogP contribution < -0.4 is 14.4 Å². The second-order valence-electron chi connectivity index (χ2n) is 8.64. The van der Waals surface area contributed by atoms with E-state index < -0.39 is 5.97 Å². The zero-order valence-corrected chi connectivity index (χ0v) is 24.1. The minimum atomic E-state index is -0.444. The third kappa shape index (κ3) is 7.07. The van der Waals surface area contributed by atoms with Gasteiger partial charge in [0.15, 0.2) is 11.5 Å². The zero-order chi connectivity index (χ0) is 28.6. The van der Waals surface area contributed by atoms with E-state index in [1.165, 1.54) is 12.0 Å². The Hall–Kier alpha value is -3.71. The molecule has 4 rings (SSSR count). The summed E-state index contributed by atoms with van der Waals surface area (Å²) in [6.45, 7) is 2.39.